The fraction of sp³-hybridized carbons (Fsp3) is 0.900. The van der Waals surface area contributed by atoms with Gasteiger partial charge in [-0.15, -0.1) is 0 Å². The Hall–Kier alpha value is -0.370. The summed E-state index contributed by atoms with van der Waals surface area (Å²) < 4.78 is 5.71. The zero-order valence-corrected chi connectivity index (χ0v) is 7.16. The number of ketones is 1. The highest BCUT2D eigenvalue weighted by molar-refractivity contribution is 5.84. The zero-order valence-electron chi connectivity index (χ0n) is 7.16. The van der Waals surface area contributed by atoms with Crippen molar-refractivity contribution in [2.75, 3.05) is 0 Å². The lowest BCUT2D eigenvalue weighted by molar-refractivity contribution is -0.139. The lowest BCUT2D eigenvalue weighted by Gasteiger charge is -2.37. The highest BCUT2D eigenvalue weighted by Gasteiger charge is 2.43. The van der Waals surface area contributed by atoms with Gasteiger partial charge in [-0.25, -0.2) is 0 Å². The second kappa shape index (κ2) is 2.32. The zero-order chi connectivity index (χ0) is 8.13. The number of fused-ring (bicyclic) bond motifs is 1. The first-order chi connectivity index (χ1) is 5.81. The molecule has 4 atom stereocenters. The molecule has 0 aromatic heterocycles. The van der Waals surface area contributed by atoms with Crippen molar-refractivity contribution in [1.82, 2.24) is 0 Å². The van der Waals surface area contributed by atoms with Crippen molar-refractivity contribution in [3.05, 3.63) is 0 Å². The SMILES string of the molecule is O=C1C[C@@H]2C[C@H]3C[C@@H](C2)O[C@@H]1C3. The van der Waals surface area contributed by atoms with E-state index in [1.54, 1.807) is 0 Å². The first kappa shape index (κ1) is 7.07. The molecule has 0 N–H and O–H groups in total. The maximum atomic E-state index is 11.5. The predicted octanol–water partition coefficient (Wildman–Crippen LogP) is 1.53. The van der Waals surface area contributed by atoms with Crippen LogP contribution in [0.3, 0.4) is 0 Å². The minimum Gasteiger partial charge on any atom is -0.367 e. The van der Waals surface area contributed by atoms with Crippen LogP contribution in [0, 0.1) is 11.8 Å². The van der Waals surface area contributed by atoms with Gasteiger partial charge in [-0.2, -0.15) is 0 Å². The molecule has 2 heteroatoms. The summed E-state index contributed by atoms with van der Waals surface area (Å²) in [5.41, 5.74) is 0. The summed E-state index contributed by atoms with van der Waals surface area (Å²) in [7, 11) is 0. The van der Waals surface area contributed by atoms with Gasteiger partial charge in [-0.1, -0.05) is 0 Å². The number of carbonyl (C=O) groups is 1. The summed E-state index contributed by atoms with van der Waals surface area (Å²) in [5, 5.41) is 0. The number of Topliss-reactive ketones (excluding diaryl/α,β-unsaturated/α-hetero) is 1. The van der Waals surface area contributed by atoms with E-state index < -0.39 is 0 Å². The van der Waals surface area contributed by atoms with Crippen LogP contribution < -0.4 is 0 Å². The average Bonchev–Trinajstić information content (AvgIpc) is 2.16. The molecule has 2 saturated heterocycles. The van der Waals surface area contributed by atoms with Crippen LogP contribution in [-0.2, 0) is 9.53 Å². The predicted molar refractivity (Wildman–Crippen MR) is 43.7 cm³/mol. The van der Waals surface area contributed by atoms with Gasteiger partial charge in [0.05, 0.1) is 6.10 Å². The molecule has 2 heterocycles. The molecule has 4 rings (SSSR count). The average molecular weight is 166 g/mol. The Morgan fingerprint density at radius 3 is 2.75 bits per heavy atom. The van der Waals surface area contributed by atoms with Crippen LogP contribution in [0.25, 0.3) is 0 Å². The van der Waals surface area contributed by atoms with E-state index in [-0.39, 0.29) is 6.10 Å². The van der Waals surface area contributed by atoms with Crippen molar-refractivity contribution >= 4 is 5.78 Å². The topological polar surface area (TPSA) is 26.3 Å². The van der Waals surface area contributed by atoms with Gasteiger partial charge in [0.15, 0.2) is 5.78 Å². The van der Waals surface area contributed by atoms with Crippen molar-refractivity contribution in [2.24, 2.45) is 11.8 Å². The quantitative estimate of drug-likeness (QED) is 0.545. The molecule has 0 radical (unpaired) electrons. The van der Waals surface area contributed by atoms with Crippen LogP contribution in [0.2, 0.25) is 0 Å². The van der Waals surface area contributed by atoms with Gasteiger partial charge in [-0.05, 0) is 37.5 Å². The number of hydrogen-bond acceptors (Lipinski definition) is 2. The molecule has 66 valence electrons. The van der Waals surface area contributed by atoms with E-state index in [0.29, 0.717) is 17.8 Å². The highest BCUT2D eigenvalue weighted by atomic mass is 16.5. The first-order valence-electron chi connectivity index (χ1n) is 4.99. The molecule has 2 saturated carbocycles. The summed E-state index contributed by atoms with van der Waals surface area (Å²) in [5.74, 6) is 1.84. The third-order valence-electron chi connectivity index (χ3n) is 3.61. The van der Waals surface area contributed by atoms with Crippen molar-refractivity contribution in [1.29, 1.82) is 0 Å². The maximum Gasteiger partial charge on any atom is 0.161 e. The van der Waals surface area contributed by atoms with Gasteiger partial charge in [0.25, 0.3) is 0 Å². The lowest BCUT2D eigenvalue weighted by atomic mass is 9.78. The second-order valence-electron chi connectivity index (χ2n) is 4.59. The lowest BCUT2D eigenvalue weighted by Crippen LogP contribution is -2.37. The van der Waals surface area contributed by atoms with Crippen molar-refractivity contribution in [2.45, 2.75) is 44.3 Å². The van der Waals surface area contributed by atoms with E-state index in [4.69, 9.17) is 4.74 Å². The highest BCUT2D eigenvalue weighted by Crippen LogP contribution is 2.44. The van der Waals surface area contributed by atoms with Gasteiger partial charge in [0.1, 0.15) is 6.10 Å². The molecule has 4 fully saturated rings. The van der Waals surface area contributed by atoms with E-state index in [1.807, 2.05) is 0 Å². The summed E-state index contributed by atoms with van der Waals surface area (Å²) >= 11 is 0. The third-order valence-corrected chi connectivity index (χ3v) is 3.61. The van der Waals surface area contributed by atoms with E-state index in [1.165, 1.54) is 12.8 Å². The standard InChI is InChI=1S/C10H14O2/c11-9-4-6-1-7-3-8(2-6)12-10(9)5-7/h6-8,10H,1-5H2/t6-,7+,8-,10-/m1/s1. The number of carbonyl (C=O) groups excluding carboxylic acids is 1. The monoisotopic (exact) mass is 166 g/mol. The van der Waals surface area contributed by atoms with Crippen LogP contribution in [0.15, 0.2) is 0 Å². The van der Waals surface area contributed by atoms with Crippen LogP contribution in [-0.4, -0.2) is 18.0 Å². The molecular weight excluding hydrogens is 152 g/mol. The van der Waals surface area contributed by atoms with Gasteiger partial charge in [0.2, 0.25) is 0 Å². The minimum atomic E-state index is -0.0127. The molecule has 2 aliphatic heterocycles. The molecule has 0 amide bonds. The smallest absolute Gasteiger partial charge is 0.161 e. The Bertz CT molecular complexity index is 210. The fourth-order valence-corrected chi connectivity index (χ4v) is 3.19. The maximum absolute atomic E-state index is 11.5. The summed E-state index contributed by atoms with van der Waals surface area (Å²) in [4.78, 5) is 11.5. The molecule has 12 heavy (non-hydrogen) atoms. The van der Waals surface area contributed by atoms with E-state index in [0.717, 1.165) is 25.2 Å². The Morgan fingerprint density at radius 2 is 1.92 bits per heavy atom. The molecular formula is C10H14O2. The third kappa shape index (κ3) is 0.939. The molecule has 2 nitrogen and oxygen atoms in total. The Kier molecular flexibility index (Phi) is 1.37. The number of ether oxygens (including phenoxy) is 1. The van der Waals surface area contributed by atoms with E-state index >= 15 is 0 Å². The number of rotatable bonds is 0. The fourth-order valence-electron chi connectivity index (χ4n) is 3.19. The van der Waals surface area contributed by atoms with Gasteiger partial charge in [0, 0.05) is 6.42 Å². The molecule has 0 spiro atoms. The number of hydrogen-bond donors (Lipinski definition) is 0. The van der Waals surface area contributed by atoms with Crippen molar-refractivity contribution < 1.29 is 9.53 Å². The normalized spacial score (nSPS) is 51.2. The summed E-state index contributed by atoms with van der Waals surface area (Å²) in [6.45, 7) is 0. The molecule has 4 aliphatic rings. The summed E-state index contributed by atoms with van der Waals surface area (Å²) in [6.07, 6.45) is 5.91. The molecule has 0 aromatic carbocycles. The van der Waals surface area contributed by atoms with Gasteiger partial charge in [-0.3, -0.25) is 4.79 Å². The van der Waals surface area contributed by atoms with Crippen molar-refractivity contribution in [3.8, 4) is 0 Å². The van der Waals surface area contributed by atoms with Crippen LogP contribution in [0.5, 0.6) is 0 Å². The largest absolute Gasteiger partial charge is 0.367 e. The van der Waals surface area contributed by atoms with Gasteiger partial charge >= 0.3 is 0 Å². The molecule has 0 unspecified atom stereocenters. The minimum absolute atomic E-state index is 0.0127. The van der Waals surface area contributed by atoms with Gasteiger partial charge < -0.3 is 4.74 Å². The Morgan fingerprint density at radius 1 is 1.08 bits per heavy atom. The van der Waals surface area contributed by atoms with Crippen LogP contribution in [0.4, 0.5) is 0 Å². The molecule has 0 aromatic rings. The summed E-state index contributed by atoms with van der Waals surface area (Å²) in [6, 6.07) is 0. The first-order valence-corrected chi connectivity index (χ1v) is 4.99. The van der Waals surface area contributed by atoms with Crippen LogP contribution in [0.1, 0.15) is 32.1 Å². The molecule has 4 bridgehead atoms. The molecule has 2 aliphatic carbocycles. The van der Waals surface area contributed by atoms with Crippen LogP contribution >= 0.6 is 0 Å². The Balaban J connectivity index is 1.95. The second-order valence-corrected chi connectivity index (χ2v) is 4.59. The van der Waals surface area contributed by atoms with E-state index in [2.05, 4.69) is 0 Å². The Labute approximate surface area is 72.3 Å². The van der Waals surface area contributed by atoms with Crippen molar-refractivity contribution in [3.63, 3.8) is 0 Å². The van der Waals surface area contributed by atoms with E-state index in [9.17, 15) is 4.79 Å².